The van der Waals surface area contributed by atoms with Gasteiger partial charge in [0.15, 0.2) is 0 Å². The van der Waals surface area contributed by atoms with E-state index in [2.05, 4.69) is 25.6 Å². The lowest BCUT2D eigenvalue weighted by Gasteiger charge is -1.98. The number of hydrogen-bond donors (Lipinski definition) is 0. The first-order valence-electron chi connectivity index (χ1n) is 4.03. The second-order valence-electron chi connectivity index (χ2n) is 2.81. The summed E-state index contributed by atoms with van der Waals surface area (Å²) in [4.78, 5) is 10.2. The number of hydrogen-bond acceptors (Lipinski definition) is 4. The molecule has 1 aromatic carbocycles. The van der Waals surface area contributed by atoms with Gasteiger partial charge < -0.3 is 4.52 Å². The molecular formula is C9H5BrN2O3. The van der Waals surface area contributed by atoms with Gasteiger partial charge in [0.1, 0.15) is 12.0 Å². The van der Waals surface area contributed by atoms with E-state index in [1.807, 2.05) is 0 Å². The minimum absolute atomic E-state index is 0.00972. The van der Waals surface area contributed by atoms with Crippen LogP contribution in [0, 0.1) is 10.1 Å². The Bertz CT molecular complexity index is 496. The van der Waals surface area contributed by atoms with Crippen LogP contribution in [0.5, 0.6) is 0 Å². The van der Waals surface area contributed by atoms with Crippen LogP contribution in [0.1, 0.15) is 0 Å². The molecule has 0 aliphatic heterocycles. The Balaban J connectivity index is 2.52. The van der Waals surface area contributed by atoms with Crippen molar-refractivity contribution in [3.05, 3.63) is 45.1 Å². The summed E-state index contributed by atoms with van der Waals surface area (Å²) in [6, 6.07) is 6.44. The molecule has 0 N–H and O–H groups in total. The molecule has 0 aliphatic carbocycles. The van der Waals surface area contributed by atoms with Crippen LogP contribution < -0.4 is 0 Å². The third kappa shape index (κ3) is 1.89. The molecule has 2 rings (SSSR count). The van der Waals surface area contributed by atoms with Crippen molar-refractivity contribution in [1.82, 2.24) is 5.16 Å². The molecule has 0 aliphatic rings. The fourth-order valence-corrected chi connectivity index (χ4v) is 1.56. The Morgan fingerprint density at radius 2 is 2.20 bits per heavy atom. The maximum absolute atomic E-state index is 10.7. The molecule has 0 unspecified atom stereocenters. The molecule has 2 aromatic rings. The van der Waals surface area contributed by atoms with Crippen LogP contribution in [0.4, 0.5) is 5.69 Å². The highest BCUT2D eigenvalue weighted by Crippen LogP contribution is 2.29. The van der Waals surface area contributed by atoms with E-state index in [-0.39, 0.29) is 5.69 Å². The summed E-state index contributed by atoms with van der Waals surface area (Å²) in [7, 11) is 0. The SMILES string of the molecule is O=[N+]([O-])c1cc(-c2ccon2)ccc1Br. The van der Waals surface area contributed by atoms with Crippen molar-refractivity contribution >= 4 is 21.6 Å². The molecule has 76 valence electrons. The van der Waals surface area contributed by atoms with Gasteiger partial charge in [-0.1, -0.05) is 11.2 Å². The van der Waals surface area contributed by atoms with Crippen LogP contribution in [0.2, 0.25) is 0 Å². The number of nitro groups is 1. The van der Waals surface area contributed by atoms with Crippen molar-refractivity contribution in [3.63, 3.8) is 0 Å². The molecule has 5 nitrogen and oxygen atoms in total. The van der Waals surface area contributed by atoms with Gasteiger partial charge in [-0.25, -0.2) is 0 Å². The van der Waals surface area contributed by atoms with Gasteiger partial charge in [-0.3, -0.25) is 10.1 Å². The van der Waals surface area contributed by atoms with E-state index in [4.69, 9.17) is 0 Å². The number of halogens is 1. The van der Waals surface area contributed by atoms with Crippen molar-refractivity contribution < 1.29 is 9.45 Å². The van der Waals surface area contributed by atoms with E-state index in [9.17, 15) is 10.1 Å². The minimum Gasteiger partial charge on any atom is -0.364 e. The molecule has 0 saturated heterocycles. The van der Waals surface area contributed by atoms with E-state index in [1.165, 1.54) is 12.3 Å². The predicted octanol–water partition coefficient (Wildman–Crippen LogP) is 3.01. The number of nitro benzene ring substituents is 1. The molecule has 0 fully saturated rings. The molecule has 15 heavy (non-hydrogen) atoms. The first kappa shape index (κ1) is 9.85. The zero-order valence-corrected chi connectivity index (χ0v) is 8.97. The van der Waals surface area contributed by atoms with Crippen molar-refractivity contribution in [1.29, 1.82) is 0 Å². The Morgan fingerprint density at radius 1 is 1.40 bits per heavy atom. The Morgan fingerprint density at radius 3 is 2.80 bits per heavy atom. The number of nitrogens with zero attached hydrogens (tertiary/aromatic N) is 2. The second kappa shape index (κ2) is 3.82. The number of benzene rings is 1. The van der Waals surface area contributed by atoms with Crippen LogP contribution in [-0.2, 0) is 0 Å². The van der Waals surface area contributed by atoms with Gasteiger partial charge in [-0.2, -0.15) is 0 Å². The van der Waals surface area contributed by atoms with E-state index in [0.717, 1.165) is 0 Å². The van der Waals surface area contributed by atoms with Crippen LogP contribution in [0.25, 0.3) is 11.3 Å². The highest BCUT2D eigenvalue weighted by molar-refractivity contribution is 9.10. The van der Waals surface area contributed by atoms with Crippen molar-refractivity contribution in [3.8, 4) is 11.3 Å². The quantitative estimate of drug-likeness (QED) is 0.620. The molecule has 0 radical (unpaired) electrons. The van der Waals surface area contributed by atoms with Gasteiger partial charge in [0.25, 0.3) is 5.69 Å². The highest BCUT2D eigenvalue weighted by atomic mass is 79.9. The largest absolute Gasteiger partial charge is 0.364 e. The molecule has 0 atom stereocenters. The third-order valence-corrected chi connectivity index (χ3v) is 2.55. The van der Waals surface area contributed by atoms with Gasteiger partial charge in [-0.05, 0) is 22.0 Å². The average Bonchev–Trinajstić information content (AvgIpc) is 2.71. The summed E-state index contributed by atoms with van der Waals surface area (Å²) < 4.78 is 5.11. The Hall–Kier alpha value is -1.69. The summed E-state index contributed by atoms with van der Waals surface area (Å²) in [6.07, 6.45) is 1.42. The fraction of sp³-hybridized carbons (Fsp3) is 0. The van der Waals surface area contributed by atoms with E-state index < -0.39 is 4.92 Å². The number of aromatic nitrogens is 1. The number of rotatable bonds is 2. The molecule has 1 heterocycles. The molecular weight excluding hydrogens is 264 g/mol. The average molecular weight is 269 g/mol. The maximum atomic E-state index is 10.7. The zero-order chi connectivity index (χ0) is 10.8. The molecule has 0 bridgehead atoms. The van der Waals surface area contributed by atoms with Crippen molar-refractivity contribution in [2.45, 2.75) is 0 Å². The summed E-state index contributed by atoms with van der Waals surface area (Å²) >= 11 is 3.11. The van der Waals surface area contributed by atoms with Gasteiger partial charge >= 0.3 is 0 Å². The Kier molecular flexibility index (Phi) is 2.51. The van der Waals surface area contributed by atoms with E-state index >= 15 is 0 Å². The monoisotopic (exact) mass is 268 g/mol. The smallest absolute Gasteiger partial charge is 0.284 e. The van der Waals surface area contributed by atoms with Crippen LogP contribution >= 0.6 is 15.9 Å². The van der Waals surface area contributed by atoms with Gasteiger partial charge in [-0.15, -0.1) is 0 Å². The first-order valence-corrected chi connectivity index (χ1v) is 4.82. The van der Waals surface area contributed by atoms with Gasteiger partial charge in [0, 0.05) is 17.7 Å². The third-order valence-electron chi connectivity index (χ3n) is 1.88. The topological polar surface area (TPSA) is 69.2 Å². The van der Waals surface area contributed by atoms with Crippen LogP contribution in [-0.4, -0.2) is 10.1 Å². The molecule has 0 saturated carbocycles. The summed E-state index contributed by atoms with van der Waals surface area (Å²) in [6.45, 7) is 0. The lowest BCUT2D eigenvalue weighted by atomic mass is 10.1. The second-order valence-corrected chi connectivity index (χ2v) is 3.66. The lowest BCUT2D eigenvalue weighted by Crippen LogP contribution is -1.90. The van der Waals surface area contributed by atoms with Crippen molar-refractivity contribution in [2.75, 3.05) is 0 Å². The summed E-state index contributed by atoms with van der Waals surface area (Å²) in [5, 5.41) is 14.4. The molecule has 0 amide bonds. The van der Waals surface area contributed by atoms with Gasteiger partial charge in [0.2, 0.25) is 0 Å². The predicted molar refractivity (Wildman–Crippen MR) is 56.3 cm³/mol. The van der Waals surface area contributed by atoms with Crippen molar-refractivity contribution in [2.24, 2.45) is 0 Å². The van der Waals surface area contributed by atoms with Crippen LogP contribution in [0.3, 0.4) is 0 Å². The fourth-order valence-electron chi connectivity index (χ4n) is 1.17. The zero-order valence-electron chi connectivity index (χ0n) is 7.38. The molecule has 1 aromatic heterocycles. The standard InChI is InChI=1S/C9H5BrN2O3/c10-7-2-1-6(5-9(7)12(13)14)8-3-4-15-11-8/h1-5H. The van der Waals surface area contributed by atoms with Gasteiger partial charge in [0.05, 0.1) is 9.40 Å². The van der Waals surface area contributed by atoms with Crippen LogP contribution in [0.15, 0.2) is 39.5 Å². The lowest BCUT2D eigenvalue weighted by molar-refractivity contribution is -0.385. The first-order chi connectivity index (χ1) is 7.18. The maximum Gasteiger partial charge on any atom is 0.284 e. The minimum atomic E-state index is -0.451. The molecule has 0 spiro atoms. The molecule has 6 heteroatoms. The highest BCUT2D eigenvalue weighted by Gasteiger charge is 2.13. The normalized spacial score (nSPS) is 10.2. The Labute approximate surface area is 93.0 Å². The van der Waals surface area contributed by atoms with E-state index in [1.54, 1.807) is 18.2 Å². The summed E-state index contributed by atoms with van der Waals surface area (Å²) in [5.41, 5.74) is 1.24. The summed E-state index contributed by atoms with van der Waals surface area (Å²) in [5.74, 6) is 0. The van der Waals surface area contributed by atoms with E-state index in [0.29, 0.717) is 15.7 Å².